The molecule has 1 saturated heterocycles. The van der Waals surface area contributed by atoms with E-state index in [0.717, 1.165) is 0 Å². The summed E-state index contributed by atoms with van der Waals surface area (Å²) < 4.78 is 62.2. The Hall–Kier alpha value is -2.75. The van der Waals surface area contributed by atoms with Gasteiger partial charge in [-0.05, 0) is 51.2 Å². The van der Waals surface area contributed by atoms with Gasteiger partial charge in [-0.3, -0.25) is 14.1 Å². The average molecular weight is 592 g/mol. The number of aliphatic hydroxyl groups is 1. The minimum Gasteiger partial charge on any atom is -0.448 e. The molecule has 1 aliphatic heterocycles. The molecule has 0 aliphatic carbocycles. The Labute approximate surface area is 228 Å². The second kappa shape index (κ2) is 13.1. The highest BCUT2D eigenvalue weighted by Gasteiger charge is 2.39. The van der Waals surface area contributed by atoms with Crippen molar-refractivity contribution in [2.75, 3.05) is 13.2 Å². The molecular weight excluding hydrogens is 554 g/mol. The SMILES string of the molecule is CC(C)C[C@H](NC(=O)OCC(C)(C)S(=O)(=O)c1ccccc1)C(=O)N[C@@H](C[C@@H]1CCNC1=O)C(O)S(=O)(=O)O. The van der Waals surface area contributed by atoms with Crippen LogP contribution in [0, 0.1) is 11.8 Å². The number of alkyl carbamates (subject to hydrolysis) is 1. The number of aliphatic hydroxyl groups excluding tert-OH is 1. The zero-order valence-corrected chi connectivity index (χ0v) is 23.9. The maximum Gasteiger partial charge on any atom is 0.407 e. The van der Waals surface area contributed by atoms with E-state index in [4.69, 9.17) is 4.74 Å². The van der Waals surface area contributed by atoms with Crippen LogP contribution < -0.4 is 16.0 Å². The molecule has 13 nitrogen and oxygen atoms in total. The van der Waals surface area contributed by atoms with Crippen molar-refractivity contribution in [1.82, 2.24) is 16.0 Å². The number of rotatable bonds is 13. The molecule has 4 atom stereocenters. The quantitative estimate of drug-likeness (QED) is 0.202. The van der Waals surface area contributed by atoms with Crippen LogP contribution in [0.2, 0.25) is 0 Å². The van der Waals surface area contributed by atoms with Gasteiger partial charge in [-0.15, -0.1) is 0 Å². The number of amides is 3. The van der Waals surface area contributed by atoms with Crippen LogP contribution in [-0.2, 0) is 34.3 Å². The number of nitrogens with one attached hydrogen (secondary N) is 3. The molecule has 1 heterocycles. The maximum absolute atomic E-state index is 13.1. The fraction of sp³-hybridized carbons (Fsp3) is 0.625. The normalized spacial score (nSPS) is 18.6. The molecule has 0 radical (unpaired) electrons. The molecule has 1 aliphatic rings. The highest BCUT2D eigenvalue weighted by Crippen LogP contribution is 2.26. The fourth-order valence-corrected chi connectivity index (χ4v) is 6.00. The monoisotopic (exact) mass is 591 g/mol. The summed E-state index contributed by atoms with van der Waals surface area (Å²) in [7, 11) is -8.88. The standard InChI is InChI=1S/C24H37N3O10S2/c1-15(2)12-18(21(29)26-19(22(30)39(34,35)36)13-16-10-11-25-20(16)28)27-23(31)37-14-24(3,4)38(32,33)17-8-6-5-7-9-17/h5-9,15-16,18-19,22,30H,10-14H2,1-4H3,(H,25,28)(H,26,29)(H,27,31)(H,34,35,36)/t16-,18-,19-,22?/m0/s1. The molecule has 1 unspecified atom stereocenters. The molecule has 3 amide bonds. The maximum atomic E-state index is 13.1. The summed E-state index contributed by atoms with van der Waals surface area (Å²) in [5, 5.41) is 17.4. The van der Waals surface area contributed by atoms with E-state index in [1.807, 2.05) is 0 Å². The summed E-state index contributed by atoms with van der Waals surface area (Å²) in [6.45, 7) is 6.11. The first-order valence-corrected chi connectivity index (χ1v) is 15.4. The minimum absolute atomic E-state index is 0.0513. The van der Waals surface area contributed by atoms with Crippen LogP contribution in [0.4, 0.5) is 4.79 Å². The number of carbonyl (C=O) groups is 3. The van der Waals surface area contributed by atoms with Gasteiger partial charge in [0.05, 0.1) is 10.9 Å². The van der Waals surface area contributed by atoms with Crippen LogP contribution in [0.25, 0.3) is 0 Å². The number of hydrogen-bond acceptors (Lipinski definition) is 9. The van der Waals surface area contributed by atoms with E-state index in [1.54, 1.807) is 32.0 Å². The van der Waals surface area contributed by atoms with Gasteiger partial charge in [0.15, 0.2) is 9.84 Å². The molecule has 5 N–H and O–H groups in total. The van der Waals surface area contributed by atoms with Gasteiger partial charge in [0, 0.05) is 12.5 Å². The van der Waals surface area contributed by atoms with Crippen molar-refractivity contribution in [2.45, 2.75) is 74.1 Å². The predicted octanol–water partition coefficient (Wildman–Crippen LogP) is 0.597. The van der Waals surface area contributed by atoms with E-state index < -0.39 is 66.7 Å². The van der Waals surface area contributed by atoms with E-state index >= 15 is 0 Å². The third-order valence-corrected chi connectivity index (χ3v) is 9.73. The Morgan fingerprint density at radius 1 is 1.13 bits per heavy atom. The molecular formula is C24H37N3O10S2. The van der Waals surface area contributed by atoms with Crippen molar-refractivity contribution >= 4 is 37.9 Å². The summed E-state index contributed by atoms with van der Waals surface area (Å²) >= 11 is 0. The van der Waals surface area contributed by atoms with Gasteiger partial charge in [-0.25, -0.2) is 13.2 Å². The molecule has 39 heavy (non-hydrogen) atoms. The van der Waals surface area contributed by atoms with Crippen molar-refractivity contribution in [3.05, 3.63) is 30.3 Å². The predicted molar refractivity (Wildman–Crippen MR) is 141 cm³/mol. The molecule has 15 heteroatoms. The molecule has 220 valence electrons. The molecule has 0 spiro atoms. The second-order valence-electron chi connectivity index (χ2n) is 10.5. The molecule has 1 aromatic rings. The minimum atomic E-state index is -5.00. The third kappa shape index (κ3) is 8.88. The van der Waals surface area contributed by atoms with Crippen molar-refractivity contribution in [3.8, 4) is 0 Å². The first kappa shape index (κ1) is 32.5. The lowest BCUT2D eigenvalue weighted by Crippen LogP contribution is -2.55. The summed E-state index contributed by atoms with van der Waals surface area (Å²) in [5.41, 5.74) is -2.41. The molecule has 0 aromatic heterocycles. The first-order chi connectivity index (χ1) is 18.0. The highest BCUT2D eigenvalue weighted by atomic mass is 32.2. The van der Waals surface area contributed by atoms with Crippen LogP contribution in [0.5, 0.6) is 0 Å². The van der Waals surface area contributed by atoms with Crippen LogP contribution in [0.1, 0.15) is 47.0 Å². The van der Waals surface area contributed by atoms with Crippen LogP contribution in [-0.4, -0.2) is 79.8 Å². The van der Waals surface area contributed by atoms with Crippen molar-refractivity contribution < 1.29 is 45.6 Å². The fourth-order valence-electron chi connectivity index (χ4n) is 4.04. The van der Waals surface area contributed by atoms with E-state index in [-0.39, 0.29) is 29.6 Å². The molecule has 0 saturated carbocycles. The lowest BCUT2D eigenvalue weighted by atomic mass is 9.97. The van der Waals surface area contributed by atoms with Crippen molar-refractivity contribution in [1.29, 1.82) is 0 Å². The topological polar surface area (TPSA) is 205 Å². The third-order valence-electron chi connectivity index (χ3n) is 6.33. The van der Waals surface area contributed by atoms with Gasteiger partial charge in [0.25, 0.3) is 10.1 Å². The highest BCUT2D eigenvalue weighted by molar-refractivity contribution is 7.92. The molecule has 0 bridgehead atoms. The van der Waals surface area contributed by atoms with Crippen LogP contribution in [0.15, 0.2) is 35.2 Å². The Kier molecular flexibility index (Phi) is 10.9. The van der Waals surface area contributed by atoms with Crippen LogP contribution >= 0.6 is 0 Å². The number of hydrogen-bond donors (Lipinski definition) is 5. The first-order valence-electron chi connectivity index (χ1n) is 12.4. The van der Waals surface area contributed by atoms with Gasteiger partial charge >= 0.3 is 6.09 Å². The summed E-state index contributed by atoms with van der Waals surface area (Å²) in [6.07, 6.45) is -0.951. The number of sulfone groups is 1. The van der Waals surface area contributed by atoms with E-state index in [0.29, 0.717) is 13.0 Å². The smallest absolute Gasteiger partial charge is 0.407 e. The van der Waals surface area contributed by atoms with E-state index in [1.165, 1.54) is 26.0 Å². The zero-order valence-electron chi connectivity index (χ0n) is 22.3. The number of carbonyl (C=O) groups excluding carboxylic acids is 3. The zero-order chi connectivity index (χ0) is 29.6. The van der Waals surface area contributed by atoms with E-state index in [9.17, 15) is 40.9 Å². The van der Waals surface area contributed by atoms with Crippen molar-refractivity contribution in [3.63, 3.8) is 0 Å². The van der Waals surface area contributed by atoms with Gasteiger partial charge in [0.1, 0.15) is 17.4 Å². The Balaban J connectivity index is 2.13. The lowest BCUT2D eigenvalue weighted by molar-refractivity contribution is -0.126. The summed E-state index contributed by atoms with van der Waals surface area (Å²) in [4.78, 5) is 37.7. The Morgan fingerprint density at radius 2 is 1.74 bits per heavy atom. The Morgan fingerprint density at radius 3 is 2.26 bits per heavy atom. The average Bonchev–Trinajstić information content (AvgIpc) is 3.25. The number of benzene rings is 1. The van der Waals surface area contributed by atoms with Crippen molar-refractivity contribution in [2.24, 2.45) is 11.8 Å². The summed E-state index contributed by atoms with van der Waals surface area (Å²) in [6, 6.07) is 4.83. The lowest BCUT2D eigenvalue weighted by Gasteiger charge is -2.28. The molecule has 1 fully saturated rings. The number of ether oxygens (including phenoxy) is 1. The van der Waals surface area contributed by atoms with Gasteiger partial charge in [-0.2, -0.15) is 8.42 Å². The second-order valence-corrected chi connectivity index (χ2v) is 14.6. The van der Waals surface area contributed by atoms with Gasteiger partial charge in [-0.1, -0.05) is 32.0 Å². The van der Waals surface area contributed by atoms with E-state index in [2.05, 4.69) is 16.0 Å². The van der Waals surface area contributed by atoms with Crippen LogP contribution in [0.3, 0.4) is 0 Å². The van der Waals surface area contributed by atoms with Gasteiger partial charge < -0.3 is 25.8 Å². The molecule has 2 rings (SSSR count). The molecule has 1 aromatic carbocycles. The van der Waals surface area contributed by atoms with Gasteiger partial charge in [0.2, 0.25) is 17.3 Å². The summed E-state index contributed by atoms with van der Waals surface area (Å²) in [5.74, 6) is -2.11. The Bertz CT molecular complexity index is 1230. The largest absolute Gasteiger partial charge is 0.448 e.